The molecule has 0 unspecified atom stereocenters. The van der Waals surface area contributed by atoms with Crippen LogP contribution in [0, 0.1) is 13.8 Å². The molecule has 6 heteroatoms. The first kappa shape index (κ1) is 17.4. The molecule has 2 heterocycles. The standard InChI is InChI=1S/C19H24N4O2/c1-4-23(16-7-5-6-14(2)12-16)18(24)17-13-15(3)20-19(21-17)22-8-10-25-11-9-22/h5-7,12-13H,4,8-11H2,1-3H3. The minimum atomic E-state index is -0.104. The third kappa shape index (κ3) is 3.96. The summed E-state index contributed by atoms with van der Waals surface area (Å²) in [6.45, 7) is 9.27. The molecule has 1 aliphatic heterocycles. The van der Waals surface area contributed by atoms with Crippen LogP contribution in [0.1, 0.15) is 28.7 Å². The lowest BCUT2D eigenvalue weighted by atomic mass is 10.2. The molecule has 0 radical (unpaired) electrons. The van der Waals surface area contributed by atoms with E-state index in [4.69, 9.17) is 4.74 Å². The number of hydrogen-bond acceptors (Lipinski definition) is 5. The van der Waals surface area contributed by atoms with E-state index in [1.54, 1.807) is 11.0 Å². The Morgan fingerprint density at radius 2 is 1.96 bits per heavy atom. The summed E-state index contributed by atoms with van der Waals surface area (Å²) in [4.78, 5) is 25.9. The molecule has 6 nitrogen and oxygen atoms in total. The molecular weight excluding hydrogens is 316 g/mol. The van der Waals surface area contributed by atoms with Gasteiger partial charge in [-0.3, -0.25) is 4.79 Å². The van der Waals surface area contributed by atoms with Crippen LogP contribution in [0.3, 0.4) is 0 Å². The van der Waals surface area contributed by atoms with Crippen LogP contribution in [0.5, 0.6) is 0 Å². The van der Waals surface area contributed by atoms with Gasteiger partial charge in [0.05, 0.1) is 13.2 Å². The van der Waals surface area contributed by atoms with Gasteiger partial charge in [0.15, 0.2) is 0 Å². The van der Waals surface area contributed by atoms with Gasteiger partial charge in [-0.05, 0) is 44.5 Å². The van der Waals surface area contributed by atoms with E-state index in [9.17, 15) is 4.79 Å². The first-order chi connectivity index (χ1) is 12.1. The lowest BCUT2D eigenvalue weighted by Crippen LogP contribution is -2.38. The third-order valence-corrected chi connectivity index (χ3v) is 4.23. The van der Waals surface area contributed by atoms with Gasteiger partial charge in [0.2, 0.25) is 5.95 Å². The van der Waals surface area contributed by atoms with Crippen LogP contribution in [0.25, 0.3) is 0 Å². The van der Waals surface area contributed by atoms with Gasteiger partial charge in [0.25, 0.3) is 5.91 Å². The summed E-state index contributed by atoms with van der Waals surface area (Å²) in [5.74, 6) is 0.500. The number of carbonyl (C=O) groups excluding carboxylic acids is 1. The Hall–Kier alpha value is -2.47. The van der Waals surface area contributed by atoms with Crippen molar-refractivity contribution in [1.29, 1.82) is 0 Å². The number of aryl methyl sites for hydroxylation is 2. The van der Waals surface area contributed by atoms with Crippen LogP contribution in [0.2, 0.25) is 0 Å². The van der Waals surface area contributed by atoms with E-state index in [1.807, 2.05) is 45.0 Å². The Kier molecular flexibility index (Phi) is 5.28. The van der Waals surface area contributed by atoms with Gasteiger partial charge in [-0.1, -0.05) is 12.1 Å². The van der Waals surface area contributed by atoms with Gasteiger partial charge in [0, 0.05) is 31.0 Å². The highest BCUT2D eigenvalue weighted by molar-refractivity contribution is 6.05. The molecular formula is C19H24N4O2. The normalized spacial score (nSPS) is 14.4. The molecule has 132 valence electrons. The van der Waals surface area contributed by atoms with Crippen molar-refractivity contribution in [3.63, 3.8) is 0 Å². The van der Waals surface area contributed by atoms with Gasteiger partial charge >= 0.3 is 0 Å². The van der Waals surface area contributed by atoms with E-state index in [2.05, 4.69) is 14.9 Å². The highest BCUT2D eigenvalue weighted by atomic mass is 16.5. The van der Waals surface area contributed by atoms with Gasteiger partial charge in [-0.25, -0.2) is 9.97 Å². The number of anilines is 2. The number of nitrogens with zero attached hydrogens (tertiary/aromatic N) is 4. The van der Waals surface area contributed by atoms with Crippen molar-refractivity contribution in [2.24, 2.45) is 0 Å². The topological polar surface area (TPSA) is 58.6 Å². The fraction of sp³-hybridized carbons (Fsp3) is 0.421. The highest BCUT2D eigenvalue weighted by Gasteiger charge is 2.21. The minimum absolute atomic E-state index is 0.104. The maximum Gasteiger partial charge on any atom is 0.277 e. The fourth-order valence-electron chi connectivity index (χ4n) is 2.94. The number of ether oxygens (including phenoxy) is 1. The largest absolute Gasteiger partial charge is 0.378 e. The van der Waals surface area contributed by atoms with E-state index >= 15 is 0 Å². The predicted molar refractivity (Wildman–Crippen MR) is 98.3 cm³/mol. The molecule has 1 saturated heterocycles. The van der Waals surface area contributed by atoms with Gasteiger partial charge in [-0.2, -0.15) is 0 Å². The van der Waals surface area contributed by atoms with E-state index in [0.29, 0.717) is 31.4 Å². The second-order valence-electron chi connectivity index (χ2n) is 6.18. The summed E-state index contributed by atoms with van der Waals surface area (Å²) in [6, 6.07) is 9.70. The molecule has 1 amide bonds. The summed E-state index contributed by atoms with van der Waals surface area (Å²) in [5, 5.41) is 0. The van der Waals surface area contributed by atoms with Crippen molar-refractivity contribution in [2.75, 3.05) is 42.6 Å². The quantitative estimate of drug-likeness (QED) is 0.856. The van der Waals surface area contributed by atoms with Crippen LogP contribution in [0.4, 0.5) is 11.6 Å². The number of rotatable bonds is 4. The minimum Gasteiger partial charge on any atom is -0.378 e. The monoisotopic (exact) mass is 340 g/mol. The Bertz CT molecular complexity index is 757. The zero-order chi connectivity index (χ0) is 17.8. The fourth-order valence-corrected chi connectivity index (χ4v) is 2.94. The first-order valence-corrected chi connectivity index (χ1v) is 8.65. The number of hydrogen-bond donors (Lipinski definition) is 0. The zero-order valence-corrected chi connectivity index (χ0v) is 15.0. The molecule has 0 aliphatic carbocycles. The highest BCUT2D eigenvalue weighted by Crippen LogP contribution is 2.19. The molecule has 1 aromatic carbocycles. The van der Waals surface area contributed by atoms with Crippen LogP contribution in [0.15, 0.2) is 30.3 Å². The van der Waals surface area contributed by atoms with E-state index in [1.165, 1.54) is 0 Å². The maximum atomic E-state index is 13.1. The molecule has 2 aromatic rings. The number of amides is 1. The maximum absolute atomic E-state index is 13.1. The number of benzene rings is 1. The Morgan fingerprint density at radius 3 is 2.64 bits per heavy atom. The lowest BCUT2D eigenvalue weighted by molar-refractivity contribution is 0.0983. The molecule has 0 N–H and O–H groups in total. The molecule has 0 spiro atoms. The van der Waals surface area contributed by atoms with Crippen LogP contribution >= 0.6 is 0 Å². The Morgan fingerprint density at radius 1 is 1.20 bits per heavy atom. The predicted octanol–water partition coefficient (Wildman–Crippen LogP) is 2.60. The summed E-state index contributed by atoms with van der Waals surface area (Å²) >= 11 is 0. The smallest absolute Gasteiger partial charge is 0.277 e. The molecule has 1 aliphatic rings. The number of morpholine rings is 1. The Labute approximate surface area is 148 Å². The van der Waals surface area contributed by atoms with Crippen LogP contribution < -0.4 is 9.80 Å². The lowest BCUT2D eigenvalue weighted by Gasteiger charge is -2.27. The number of carbonyl (C=O) groups is 1. The van der Waals surface area contributed by atoms with E-state index < -0.39 is 0 Å². The average molecular weight is 340 g/mol. The van der Waals surface area contributed by atoms with Crippen molar-refractivity contribution >= 4 is 17.5 Å². The van der Waals surface area contributed by atoms with Crippen molar-refractivity contribution in [3.8, 4) is 0 Å². The van der Waals surface area contributed by atoms with Crippen LogP contribution in [-0.4, -0.2) is 48.7 Å². The average Bonchev–Trinajstić information content (AvgIpc) is 2.62. The molecule has 0 saturated carbocycles. The van der Waals surface area contributed by atoms with E-state index in [-0.39, 0.29) is 5.91 Å². The van der Waals surface area contributed by atoms with Crippen molar-refractivity contribution in [3.05, 3.63) is 47.3 Å². The molecule has 0 bridgehead atoms. The van der Waals surface area contributed by atoms with Gasteiger partial charge in [0.1, 0.15) is 5.69 Å². The van der Waals surface area contributed by atoms with Gasteiger partial charge < -0.3 is 14.5 Å². The molecule has 1 fully saturated rings. The number of aromatic nitrogens is 2. The summed E-state index contributed by atoms with van der Waals surface area (Å²) in [5.41, 5.74) is 3.23. The first-order valence-electron chi connectivity index (χ1n) is 8.65. The third-order valence-electron chi connectivity index (χ3n) is 4.23. The van der Waals surface area contributed by atoms with Crippen molar-refractivity contribution in [1.82, 2.24) is 9.97 Å². The second-order valence-corrected chi connectivity index (χ2v) is 6.18. The molecule has 3 rings (SSSR count). The van der Waals surface area contributed by atoms with E-state index in [0.717, 1.165) is 30.0 Å². The molecule has 25 heavy (non-hydrogen) atoms. The SMILES string of the molecule is CCN(C(=O)c1cc(C)nc(N2CCOCC2)n1)c1cccc(C)c1. The van der Waals surface area contributed by atoms with Crippen molar-refractivity contribution in [2.45, 2.75) is 20.8 Å². The second kappa shape index (κ2) is 7.61. The molecule has 0 atom stereocenters. The van der Waals surface area contributed by atoms with Crippen molar-refractivity contribution < 1.29 is 9.53 Å². The van der Waals surface area contributed by atoms with Crippen LogP contribution in [-0.2, 0) is 4.74 Å². The summed E-state index contributed by atoms with van der Waals surface area (Å²) in [7, 11) is 0. The zero-order valence-electron chi connectivity index (χ0n) is 15.0. The summed E-state index contributed by atoms with van der Waals surface area (Å²) < 4.78 is 5.38. The summed E-state index contributed by atoms with van der Waals surface area (Å²) in [6.07, 6.45) is 0. The molecule has 1 aromatic heterocycles. The Balaban J connectivity index is 1.91. The van der Waals surface area contributed by atoms with Gasteiger partial charge in [-0.15, -0.1) is 0 Å².